The number of anilines is 2. The van der Waals surface area contributed by atoms with Crippen LogP contribution in [0.5, 0.6) is 0 Å². The van der Waals surface area contributed by atoms with Gasteiger partial charge in [0.2, 0.25) is 5.91 Å². The lowest BCUT2D eigenvalue weighted by Crippen LogP contribution is -2.22. The molecule has 0 aliphatic carbocycles. The maximum atomic E-state index is 14.2. The Morgan fingerprint density at radius 1 is 1.35 bits per heavy atom. The van der Waals surface area contributed by atoms with E-state index in [1.165, 1.54) is 6.07 Å². The lowest BCUT2D eigenvalue weighted by Gasteiger charge is -2.19. The predicted molar refractivity (Wildman–Crippen MR) is 87.9 cm³/mol. The second kappa shape index (κ2) is 5.68. The van der Waals surface area contributed by atoms with Crippen molar-refractivity contribution in [2.75, 3.05) is 10.6 Å². The zero-order valence-electron chi connectivity index (χ0n) is 13.6. The van der Waals surface area contributed by atoms with E-state index in [4.69, 9.17) is 0 Å². The standard InChI is InChI=1S/C17H21FN4O/c1-17(2,3)22-10-11(9-20-22)8-19-15-6-12-4-5-16(23)21-14(12)7-13(15)18/h6-7,9-10,19H,4-5,8H2,1-3H3,(H,21,23). The Bertz CT molecular complexity index is 746. The van der Waals surface area contributed by atoms with Crippen molar-refractivity contribution in [3.8, 4) is 0 Å². The Labute approximate surface area is 134 Å². The molecule has 1 aromatic heterocycles. The van der Waals surface area contributed by atoms with E-state index in [2.05, 4.69) is 36.5 Å². The highest BCUT2D eigenvalue weighted by molar-refractivity contribution is 5.94. The molecular formula is C17H21FN4O. The van der Waals surface area contributed by atoms with E-state index in [1.807, 2.05) is 10.9 Å². The van der Waals surface area contributed by atoms with Crippen molar-refractivity contribution < 1.29 is 9.18 Å². The molecule has 122 valence electrons. The summed E-state index contributed by atoms with van der Waals surface area (Å²) >= 11 is 0. The molecule has 2 heterocycles. The largest absolute Gasteiger partial charge is 0.378 e. The molecule has 1 aromatic carbocycles. The van der Waals surface area contributed by atoms with Gasteiger partial charge in [-0.25, -0.2) is 4.39 Å². The molecule has 0 unspecified atom stereocenters. The fourth-order valence-electron chi connectivity index (χ4n) is 2.55. The minimum Gasteiger partial charge on any atom is -0.378 e. The van der Waals surface area contributed by atoms with Gasteiger partial charge in [-0.1, -0.05) is 0 Å². The third kappa shape index (κ3) is 3.36. The van der Waals surface area contributed by atoms with Crippen LogP contribution in [0, 0.1) is 5.82 Å². The van der Waals surface area contributed by atoms with Crippen LogP contribution >= 0.6 is 0 Å². The van der Waals surface area contributed by atoms with Crippen molar-refractivity contribution >= 4 is 17.3 Å². The zero-order valence-corrected chi connectivity index (χ0v) is 13.6. The molecule has 5 nitrogen and oxygen atoms in total. The second-order valence-corrected chi connectivity index (χ2v) is 6.85. The summed E-state index contributed by atoms with van der Waals surface area (Å²) in [6.07, 6.45) is 4.83. The number of halogens is 1. The topological polar surface area (TPSA) is 59.0 Å². The molecule has 6 heteroatoms. The third-order valence-electron chi connectivity index (χ3n) is 3.89. The first-order valence-corrected chi connectivity index (χ1v) is 7.73. The summed E-state index contributed by atoms with van der Waals surface area (Å²) in [6.45, 7) is 6.73. The van der Waals surface area contributed by atoms with Gasteiger partial charge in [0.15, 0.2) is 0 Å². The molecule has 23 heavy (non-hydrogen) atoms. The number of fused-ring (bicyclic) bond motifs is 1. The van der Waals surface area contributed by atoms with Crippen LogP contribution in [0.2, 0.25) is 0 Å². The van der Waals surface area contributed by atoms with Crippen LogP contribution in [0.3, 0.4) is 0 Å². The van der Waals surface area contributed by atoms with E-state index in [0.29, 0.717) is 30.8 Å². The summed E-state index contributed by atoms with van der Waals surface area (Å²) < 4.78 is 16.1. The predicted octanol–water partition coefficient (Wildman–Crippen LogP) is 3.27. The van der Waals surface area contributed by atoms with Crippen molar-refractivity contribution in [2.45, 2.75) is 45.7 Å². The molecule has 0 saturated carbocycles. The number of carbonyl (C=O) groups excluding carboxylic acids is 1. The highest BCUT2D eigenvalue weighted by atomic mass is 19.1. The third-order valence-corrected chi connectivity index (χ3v) is 3.89. The Balaban J connectivity index is 1.73. The number of nitrogens with zero attached hydrogens (tertiary/aromatic N) is 2. The Kier molecular flexibility index (Phi) is 3.83. The maximum Gasteiger partial charge on any atom is 0.224 e. The monoisotopic (exact) mass is 316 g/mol. The van der Waals surface area contributed by atoms with Gasteiger partial charge < -0.3 is 10.6 Å². The number of hydrogen-bond donors (Lipinski definition) is 2. The Morgan fingerprint density at radius 3 is 2.83 bits per heavy atom. The van der Waals surface area contributed by atoms with Crippen LogP contribution in [0.4, 0.5) is 15.8 Å². The van der Waals surface area contributed by atoms with Gasteiger partial charge in [-0.05, 0) is 44.9 Å². The SMILES string of the molecule is CC(C)(C)n1cc(CNc2cc3c(cc2F)NC(=O)CC3)cn1. The number of benzene rings is 1. The quantitative estimate of drug-likeness (QED) is 0.913. The molecular weight excluding hydrogens is 295 g/mol. The van der Waals surface area contributed by atoms with Gasteiger partial charge in [0.1, 0.15) is 5.82 Å². The van der Waals surface area contributed by atoms with Gasteiger partial charge in [0.05, 0.1) is 17.4 Å². The first-order chi connectivity index (χ1) is 10.8. The highest BCUT2D eigenvalue weighted by Crippen LogP contribution is 2.28. The molecule has 0 saturated heterocycles. The molecule has 2 aromatic rings. The van der Waals surface area contributed by atoms with Crippen LogP contribution in [0.25, 0.3) is 0 Å². The van der Waals surface area contributed by atoms with Crippen LogP contribution in [0.15, 0.2) is 24.5 Å². The molecule has 2 N–H and O–H groups in total. The number of amides is 1. The average Bonchev–Trinajstić information content (AvgIpc) is 2.94. The van der Waals surface area contributed by atoms with Crippen molar-refractivity contribution in [1.82, 2.24) is 9.78 Å². The molecule has 0 fully saturated rings. The molecule has 0 atom stereocenters. The molecule has 1 aliphatic rings. The van der Waals surface area contributed by atoms with Gasteiger partial charge in [-0.2, -0.15) is 5.10 Å². The molecule has 3 rings (SSSR count). The zero-order chi connectivity index (χ0) is 16.6. The van der Waals surface area contributed by atoms with Crippen molar-refractivity contribution in [2.24, 2.45) is 0 Å². The molecule has 0 bridgehead atoms. The number of nitrogens with one attached hydrogen (secondary N) is 2. The van der Waals surface area contributed by atoms with Gasteiger partial charge >= 0.3 is 0 Å². The highest BCUT2D eigenvalue weighted by Gasteiger charge is 2.18. The molecule has 1 amide bonds. The number of aromatic nitrogens is 2. The van der Waals surface area contributed by atoms with Crippen molar-refractivity contribution in [3.63, 3.8) is 0 Å². The normalized spacial score (nSPS) is 14.3. The smallest absolute Gasteiger partial charge is 0.224 e. The number of carbonyl (C=O) groups is 1. The summed E-state index contributed by atoms with van der Waals surface area (Å²) in [5, 5.41) is 10.2. The Morgan fingerprint density at radius 2 is 2.13 bits per heavy atom. The van der Waals surface area contributed by atoms with Crippen LogP contribution in [0.1, 0.15) is 38.3 Å². The van der Waals surface area contributed by atoms with E-state index < -0.39 is 0 Å². The van der Waals surface area contributed by atoms with Crippen LogP contribution in [-0.4, -0.2) is 15.7 Å². The lowest BCUT2D eigenvalue weighted by molar-refractivity contribution is -0.116. The lowest BCUT2D eigenvalue weighted by atomic mass is 10.0. The molecule has 0 radical (unpaired) electrons. The van der Waals surface area contributed by atoms with Crippen molar-refractivity contribution in [3.05, 3.63) is 41.5 Å². The Hall–Kier alpha value is -2.37. The minimum absolute atomic E-state index is 0.0628. The number of hydrogen-bond acceptors (Lipinski definition) is 3. The number of rotatable bonds is 3. The molecule has 0 spiro atoms. The van der Waals surface area contributed by atoms with E-state index in [1.54, 1.807) is 12.3 Å². The summed E-state index contributed by atoms with van der Waals surface area (Å²) in [4.78, 5) is 11.4. The first kappa shape index (κ1) is 15.5. The fraction of sp³-hybridized carbons (Fsp3) is 0.412. The van der Waals surface area contributed by atoms with Crippen LogP contribution < -0.4 is 10.6 Å². The van der Waals surface area contributed by atoms with Crippen LogP contribution in [-0.2, 0) is 23.3 Å². The fourth-order valence-corrected chi connectivity index (χ4v) is 2.55. The van der Waals surface area contributed by atoms with Gasteiger partial charge in [0.25, 0.3) is 0 Å². The van der Waals surface area contributed by atoms with E-state index >= 15 is 0 Å². The maximum absolute atomic E-state index is 14.2. The second-order valence-electron chi connectivity index (χ2n) is 6.85. The summed E-state index contributed by atoms with van der Waals surface area (Å²) in [5.74, 6) is -0.429. The average molecular weight is 316 g/mol. The van der Waals surface area contributed by atoms with E-state index in [9.17, 15) is 9.18 Å². The summed E-state index contributed by atoms with van der Waals surface area (Å²) in [7, 11) is 0. The van der Waals surface area contributed by atoms with E-state index in [-0.39, 0.29) is 17.3 Å². The van der Waals surface area contributed by atoms with Gasteiger partial charge in [-0.3, -0.25) is 9.48 Å². The first-order valence-electron chi connectivity index (χ1n) is 7.73. The molecule has 1 aliphatic heterocycles. The summed E-state index contributed by atoms with van der Waals surface area (Å²) in [6, 6.07) is 3.16. The van der Waals surface area contributed by atoms with Crippen molar-refractivity contribution in [1.29, 1.82) is 0 Å². The minimum atomic E-state index is -0.367. The van der Waals surface area contributed by atoms with E-state index in [0.717, 1.165) is 11.1 Å². The van der Waals surface area contributed by atoms with Gasteiger partial charge in [0, 0.05) is 30.4 Å². The van der Waals surface area contributed by atoms with Gasteiger partial charge in [-0.15, -0.1) is 0 Å². The number of aryl methyl sites for hydroxylation is 1. The summed E-state index contributed by atoms with van der Waals surface area (Å²) in [5.41, 5.74) is 2.89.